The third-order valence-corrected chi connectivity index (χ3v) is 8.41. The van der Waals surface area contributed by atoms with E-state index < -0.39 is 22.6 Å². The van der Waals surface area contributed by atoms with Crippen LogP contribution in [-0.2, 0) is 19.1 Å². The van der Waals surface area contributed by atoms with Crippen molar-refractivity contribution in [1.82, 2.24) is 0 Å². The van der Waals surface area contributed by atoms with E-state index in [-0.39, 0.29) is 36.2 Å². The van der Waals surface area contributed by atoms with Crippen molar-refractivity contribution >= 4 is 11.9 Å². The summed E-state index contributed by atoms with van der Waals surface area (Å²) in [5.74, 6) is -2.01. The molecule has 3 aliphatic carbocycles. The Kier molecular flexibility index (Phi) is 4.24. The Morgan fingerprint density at radius 3 is 2.78 bits per heavy atom. The molecule has 0 radical (unpaired) electrons. The summed E-state index contributed by atoms with van der Waals surface area (Å²) in [5, 5.41) is 21.7. The maximum absolute atomic E-state index is 12.7. The van der Waals surface area contributed by atoms with Gasteiger partial charge < -0.3 is 19.7 Å². The highest BCUT2D eigenvalue weighted by Gasteiger charge is 2.66. The number of methoxy groups -OCH3 is 1. The lowest BCUT2D eigenvalue weighted by molar-refractivity contribution is -0.230. The highest BCUT2D eigenvalue weighted by Crippen LogP contribution is 2.66. The van der Waals surface area contributed by atoms with Crippen molar-refractivity contribution in [1.29, 1.82) is 0 Å². The van der Waals surface area contributed by atoms with E-state index in [2.05, 4.69) is 0 Å². The molecule has 3 fully saturated rings. The van der Waals surface area contributed by atoms with E-state index in [0.717, 1.165) is 32.1 Å². The zero-order valence-corrected chi connectivity index (χ0v) is 16.4. The molecule has 7 atom stereocenters. The Morgan fingerprint density at radius 2 is 2.11 bits per heavy atom. The molecule has 4 aliphatic rings. The molecule has 0 aromatic carbocycles. The first-order chi connectivity index (χ1) is 12.7. The molecule has 0 saturated heterocycles. The SMILES string of the molecule is COC(=O)[C@]1(C)CCC[C@@]2(CO)[C@H]1CC[C@H]1[C@@H](C)C3=CC(=O)O[C@]3(O)C[C@@H]12. The summed E-state index contributed by atoms with van der Waals surface area (Å²) < 4.78 is 10.5. The zero-order valence-electron chi connectivity index (χ0n) is 16.4. The number of aliphatic hydroxyl groups is 2. The first-order valence-corrected chi connectivity index (χ1v) is 10.1. The molecule has 6 heteroatoms. The number of rotatable bonds is 2. The second-order valence-electron chi connectivity index (χ2n) is 9.35. The average molecular weight is 378 g/mol. The largest absolute Gasteiger partial charge is 0.469 e. The van der Waals surface area contributed by atoms with Gasteiger partial charge in [0.05, 0.1) is 12.5 Å². The van der Waals surface area contributed by atoms with Crippen molar-refractivity contribution in [3.05, 3.63) is 11.6 Å². The van der Waals surface area contributed by atoms with Crippen LogP contribution in [0.1, 0.15) is 52.4 Å². The van der Waals surface area contributed by atoms with Crippen LogP contribution in [0, 0.1) is 34.5 Å². The maximum atomic E-state index is 12.7. The highest BCUT2D eigenvalue weighted by atomic mass is 16.7. The number of esters is 2. The molecule has 3 saturated carbocycles. The topological polar surface area (TPSA) is 93.1 Å². The Bertz CT molecular complexity index is 701. The van der Waals surface area contributed by atoms with E-state index in [9.17, 15) is 19.8 Å². The van der Waals surface area contributed by atoms with Crippen LogP contribution in [0.5, 0.6) is 0 Å². The fraction of sp³-hybridized carbons (Fsp3) is 0.810. The van der Waals surface area contributed by atoms with Crippen LogP contribution in [0.3, 0.4) is 0 Å². The fourth-order valence-electron chi connectivity index (χ4n) is 7.21. The van der Waals surface area contributed by atoms with Gasteiger partial charge in [0.25, 0.3) is 0 Å². The molecule has 0 spiro atoms. The van der Waals surface area contributed by atoms with Crippen molar-refractivity contribution < 1.29 is 29.3 Å². The van der Waals surface area contributed by atoms with Gasteiger partial charge in [-0.05, 0) is 56.3 Å². The Labute approximate surface area is 159 Å². The molecule has 1 heterocycles. The smallest absolute Gasteiger partial charge is 0.333 e. The minimum absolute atomic E-state index is 0.00381. The van der Waals surface area contributed by atoms with Gasteiger partial charge in [-0.15, -0.1) is 0 Å². The lowest BCUT2D eigenvalue weighted by Gasteiger charge is -2.63. The van der Waals surface area contributed by atoms with Crippen LogP contribution in [0.15, 0.2) is 11.6 Å². The van der Waals surface area contributed by atoms with Crippen molar-refractivity contribution in [2.24, 2.45) is 34.5 Å². The van der Waals surface area contributed by atoms with Crippen molar-refractivity contribution in [3.63, 3.8) is 0 Å². The molecule has 6 nitrogen and oxygen atoms in total. The average Bonchev–Trinajstić information content (AvgIpc) is 2.95. The Balaban J connectivity index is 1.77. The zero-order chi connectivity index (χ0) is 19.6. The van der Waals surface area contributed by atoms with E-state index in [4.69, 9.17) is 9.47 Å². The van der Waals surface area contributed by atoms with Gasteiger partial charge in [-0.25, -0.2) is 4.79 Å². The van der Waals surface area contributed by atoms with E-state index in [1.54, 1.807) is 0 Å². The quantitative estimate of drug-likeness (QED) is 0.716. The van der Waals surface area contributed by atoms with Gasteiger partial charge in [0.2, 0.25) is 5.79 Å². The van der Waals surface area contributed by atoms with E-state index in [1.807, 2.05) is 13.8 Å². The van der Waals surface area contributed by atoms with Crippen LogP contribution in [0.25, 0.3) is 0 Å². The predicted molar refractivity (Wildman–Crippen MR) is 96.1 cm³/mol. The van der Waals surface area contributed by atoms with Gasteiger partial charge in [0.1, 0.15) is 0 Å². The van der Waals surface area contributed by atoms with E-state index >= 15 is 0 Å². The van der Waals surface area contributed by atoms with Crippen molar-refractivity contribution in [3.8, 4) is 0 Å². The number of hydrogen-bond acceptors (Lipinski definition) is 6. The fourth-order valence-corrected chi connectivity index (χ4v) is 7.21. The summed E-state index contributed by atoms with van der Waals surface area (Å²) in [6.45, 7) is 3.99. The Morgan fingerprint density at radius 1 is 1.37 bits per heavy atom. The summed E-state index contributed by atoms with van der Waals surface area (Å²) in [7, 11) is 1.43. The number of ether oxygens (including phenoxy) is 2. The molecule has 0 unspecified atom stereocenters. The lowest BCUT2D eigenvalue weighted by Crippen LogP contribution is -2.62. The molecule has 0 bridgehead atoms. The monoisotopic (exact) mass is 378 g/mol. The summed E-state index contributed by atoms with van der Waals surface area (Å²) in [4.78, 5) is 24.5. The third-order valence-electron chi connectivity index (χ3n) is 8.41. The van der Waals surface area contributed by atoms with E-state index in [0.29, 0.717) is 12.0 Å². The summed E-state index contributed by atoms with van der Waals surface area (Å²) >= 11 is 0. The molecular weight excluding hydrogens is 348 g/mol. The molecule has 150 valence electrons. The van der Waals surface area contributed by atoms with Crippen molar-refractivity contribution in [2.75, 3.05) is 13.7 Å². The number of carbonyl (C=O) groups is 2. The summed E-state index contributed by atoms with van der Waals surface area (Å²) in [5.41, 5.74) is -0.421. The molecule has 0 amide bonds. The first kappa shape index (κ1) is 18.9. The third kappa shape index (κ3) is 2.38. The molecule has 1 aliphatic heterocycles. The Hall–Kier alpha value is -1.40. The number of aliphatic hydroxyl groups excluding tert-OH is 1. The molecule has 0 aromatic heterocycles. The second-order valence-corrected chi connectivity index (χ2v) is 9.35. The van der Waals surface area contributed by atoms with E-state index in [1.165, 1.54) is 13.2 Å². The van der Waals surface area contributed by atoms with Crippen LogP contribution < -0.4 is 0 Å². The van der Waals surface area contributed by atoms with Gasteiger partial charge in [-0.3, -0.25) is 4.79 Å². The minimum Gasteiger partial charge on any atom is -0.469 e. The first-order valence-electron chi connectivity index (χ1n) is 10.1. The number of carbonyl (C=O) groups excluding carboxylic acids is 2. The van der Waals surface area contributed by atoms with Gasteiger partial charge in [0.15, 0.2) is 0 Å². The highest BCUT2D eigenvalue weighted by molar-refractivity contribution is 5.86. The van der Waals surface area contributed by atoms with Crippen LogP contribution in [-0.4, -0.2) is 41.7 Å². The minimum atomic E-state index is -1.57. The van der Waals surface area contributed by atoms with Crippen molar-refractivity contribution in [2.45, 2.75) is 58.2 Å². The van der Waals surface area contributed by atoms with Gasteiger partial charge in [-0.2, -0.15) is 0 Å². The normalized spacial score (nSPS) is 48.6. The molecular formula is C21H30O6. The lowest BCUT2D eigenvalue weighted by atomic mass is 9.42. The maximum Gasteiger partial charge on any atom is 0.333 e. The number of hydrogen-bond donors (Lipinski definition) is 2. The van der Waals surface area contributed by atoms with Gasteiger partial charge in [-0.1, -0.05) is 13.3 Å². The van der Waals surface area contributed by atoms with Gasteiger partial charge in [0, 0.05) is 30.1 Å². The molecule has 4 rings (SSSR count). The molecule has 0 aromatic rings. The number of fused-ring (bicyclic) bond motifs is 4. The predicted octanol–water partition coefficient (Wildman–Crippen LogP) is 2.18. The molecule has 27 heavy (non-hydrogen) atoms. The summed E-state index contributed by atoms with van der Waals surface area (Å²) in [6.07, 6.45) is 5.90. The van der Waals surface area contributed by atoms with Crippen LogP contribution >= 0.6 is 0 Å². The van der Waals surface area contributed by atoms with Gasteiger partial charge >= 0.3 is 11.9 Å². The second kappa shape index (κ2) is 6.05. The molecule has 2 N–H and O–H groups in total. The van der Waals surface area contributed by atoms with Crippen LogP contribution in [0.2, 0.25) is 0 Å². The van der Waals surface area contributed by atoms with Crippen LogP contribution in [0.4, 0.5) is 0 Å². The standard InChI is InChI=1S/C21H30O6/c1-12-13-5-6-16-19(2,18(24)26-3)7-4-8-20(16,11-22)15(13)10-21(25)14(12)9-17(23)27-21/h9,12-13,15-16,22,25H,4-8,10-11H2,1-3H3/t12-,13+,15+,16+,19-,20+,21-/m1/s1. The summed E-state index contributed by atoms with van der Waals surface area (Å²) in [6, 6.07) is 0.